The van der Waals surface area contributed by atoms with Crippen LogP contribution in [0.15, 0.2) is 33.2 Å². The molecule has 1 N–H and O–H groups in total. The summed E-state index contributed by atoms with van der Waals surface area (Å²) in [7, 11) is 0. The van der Waals surface area contributed by atoms with Crippen LogP contribution in [0.4, 0.5) is 0 Å². The van der Waals surface area contributed by atoms with Gasteiger partial charge in [0, 0.05) is 25.5 Å². The van der Waals surface area contributed by atoms with Crippen LogP contribution in [0.5, 0.6) is 0 Å². The molecule has 2 nitrogen and oxygen atoms in total. The molecule has 0 atom stereocenters. The summed E-state index contributed by atoms with van der Waals surface area (Å²) in [5.41, 5.74) is 0.954. The summed E-state index contributed by atoms with van der Waals surface area (Å²) in [5, 5.41) is 14.5. The van der Waals surface area contributed by atoms with E-state index in [2.05, 4.69) is 27.2 Å². The zero-order chi connectivity index (χ0) is 9.26. The first-order valence-corrected chi connectivity index (χ1v) is 5.33. The van der Waals surface area contributed by atoms with Crippen LogP contribution in [-0.2, 0) is 0 Å². The summed E-state index contributed by atoms with van der Waals surface area (Å²) in [5.74, 6) is 0. The molecule has 0 aliphatic heterocycles. The predicted octanol–water partition coefficient (Wildman–Crippen LogP) is 3.47. The Hall–Kier alpha value is -0.870. The molecule has 4 heteroatoms. The van der Waals surface area contributed by atoms with Crippen molar-refractivity contribution in [2.75, 3.05) is 0 Å². The lowest BCUT2D eigenvalue weighted by Gasteiger charge is -1.91. The van der Waals surface area contributed by atoms with Crippen LogP contribution in [-0.4, -0.2) is 11.4 Å². The number of nitrogens with zero attached hydrogens (tertiary/aromatic N) is 1. The second kappa shape index (κ2) is 3.47. The predicted molar refractivity (Wildman–Crippen MR) is 58.9 cm³/mol. The van der Waals surface area contributed by atoms with E-state index < -0.39 is 0 Å². The third-order valence-corrected chi connectivity index (χ3v) is 3.22. The average Bonchev–Trinajstić information content (AvgIpc) is 2.49. The third kappa shape index (κ3) is 1.59. The van der Waals surface area contributed by atoms with Crippen molar-refractivity contribution in [3.05, 3.63) is 33.6 Å². The first kappa shape index (κ1) is 8.72. The molecule has 1 heterocycles. The number of benzene rings is 1. The van der Waals surface area contributed by atoms with E-state index >= 15 is 0 Å². The van der Waals surface area contributed by atoms with Gasteiger partial charge >= 0.3 is 0 Å². The van der Waals surface area contributed by atoms with Crippen LogP contribution in [0.2, 0.25) is 0 Å². The van der Waals surface area contributed by atoms with E-state index in [9.17, 15) is 0 Å². The first-order valence-electron chi connectivity index (χ1n) is 3.65. The van der Waals surface area contributed by atoms with Crippen molar-refractivity contribution in [2.24, 2.45) is 5.16 Å². The number of halogens is 1. The molecule has 13 heavy (non-hydrogen) atoms. The van der Waals surface area contributed by atoms with E-state index in [1.807, 2.05) is 17.5 Å². The Bertz CT molecular complexity index is 464. The summed E-state index contributed by atoms with van der Waals surface area (Å²) >= 11 is 5.04. The van der Waals surface area contributed by atoms with Gasteiger partial charge in [-0.25, -0.2) is 0 Å². The molecule has 1 aromatic heterocycles. The van der Waals surface area contributed by atoms with Gasteiger partial charge in [-0.05, 0) is 12.1 Å². The first-order chi connectivity index (χ1) is 6.31. The van der Waals surface area contributed by atoms with E-state index in [1.165, 1.54) is 10.9 Å². The standard InChI is InChI=1S/C9H6BrNOS/c10-7-1-2-8-6(4-11-12)5-13-9(8)3-7/h1-5,12H. The molecule has 0 fully saturated rings. The highest BCUT2D eigenvalue weighted by molar-refractivity contribution is 9.10. The number of fused-ring (bicyclic) bond motifs is 1. The number of thiophene rings is 1. The third-order valence-electron chi connectivity index (χ3n) is 1.76. The van der Waals surface area contributed by atoms with Gasteiger partial charge in [-0.15, -0.1) is 11.3 Å². The van der Waals surface area contributed by atoms with Gasteiger partial charge in [-0.2, -0.15) is 0 Å². The van der Waals surface area contributed by atoms with Crippen LogP contribution in [0, 0.1) is 0 Å². The van der Waals surface area contributed by atoms with Crippen molar-refractivity contribution in [1.29, 1.82) is 0 Å². The van der Waals surface area contributed by atoms with Gasteiger partial charge in [-0.1, -0.05) is 27.2 Å². The largest absolute Gasteiger partial charge is 0.411 e. The molecule has 0 unspecified atom stereocenters. The molecule has 0 spiro atoms. The summed E-state index contributed by atoms with van der Waals surface area (Å²) in [6, 6.07) is 6.03. The fourth-order valence-corrected chi connectivity index (χ4v) is 2.65. The maximum atomic E-state index is 8.42. The van der Waals surface area contributed by atoms with Gasteiger partial charge in [0.2, 0.25) is 0 Å². The molecule has 0 radical (unpaired) electrons. The SMILES string of the molecule is ON=Cc1csc2cc(Br)ccc12. The van der Waals surface area contributed by atoms with E-state index in [0.717, 1.165) is 15.4 Å². The van der Waals surface area contributed by atoms with Crippen LogP contribution in [0.25, 0.3) is 10.1 Å². The fraction of sp³-hybridized carbons (Fsp3) is 0. The van der Waals surface area contributed by atoms with E-state index in [-0.39, 0.29) is 0 Å². The maximum absolute atomic E-state index is 8.42. The molecule has 1 aromatic carbocycles. The Labute approximate surface area is 87.6 Å². The topological polar surface area (TPSA) is 32.6 Å². The van der Waals surface area contributed by atoms with Crippen molar-refractivity contribution >= 4 is 43.6 Å². The van der Waals surface area contributed by atoms with Crippen molar-refractivity contribution in [3.8, 4) is 0 Å². The lowest BCUT2D eigenvalue weighted by atomic mass is 10.2. The summed E-state index contributed by atoms with van der Waals surface area (Å²) in [4.78, 5) is 0. The second-order valence-electron chi connectivity index (χ2n) is 2.58. The highest BCUT2D eigenvalue weighted by Gasteiger charge is 2.01. The molecular weight excluding hydrogens is 250 g/mol. The molecular formula is C9H6BrNOS. The van der Waals surface area contributed by atoms with Gasteiger partial charge in [0.15, 0.2) is 0 Å². The maximum Gasteiger partial charge on any atom is 0.0748 e. The Balaban J connectivity index is 2.68. The Morgan fingerprint density at radius 1 is 1.46 bits per heavy atom. The summed E-state index contributed by atoms with van der Waals surface area (Å²) in [6.07, 6.45) is 1.45. The fourth-order valence-electron chi connectivity index (χ4n) is 1.18. The van der Waals surface area contributed by atoms with Crippen molar-refractivity contribution in [2.45, 2.75) is 0 Å². The number of rotatable bonds is 1. The minimum Gasteiger partial charge on any atom is -0.411 e. The number of hydrogen-bond acceptors (Lipinski definition) is 3. The lowest BCUT2D eigenvalue weighted by molar-refractivity contribution is 0.322. The molecule has 0 amide bonds. The molecule has 0 aliphatic rings. The number of oxime groups is 1. The molecule has 0 aliphatic carbocycles. The van der Waals surface area contributed by atoms with E-state index in [1.54, 1.807) is 11.3 Å². The molecule has 2 aromatic rings. The molecule has 66 valence electrons. The van der Waals surface area contributed by atoms with Crippen molar-refractivity contribution in [1.82, 2.24) is 0 Å². The smallest absolute Gasteiger partial charge is 0.0748 e. The van der Waals surface area contributed by atoms with Crippen LogP contribution in [0.1, 0.15) is 5.56 Å². The van der Waals surface area contributed by atoms with E-state index in [4.69, 9.17) is 5.21 Å². The average molecular weight is 256 g/mol. The Morgan fingerprint density at radius 2 is 2.31 bits per heavy atom. The summed E-state index contributed by atoms with van der Waals surface area (Å²) < 4.78 is 2.25. The van der Waals surface area contributed by atoms with Gasteiger partial charge in [-0.3, -0.25) is 0 Å². The zero-order valence-electron chi connectivity index (χ0n) is 6.57. The van der Waals surface area contributed by atoms with Crippen LogP contribution < -0.4 is 0 Å². The van der Waals surface area contributed by atoms with E-state index in [0.29, 0.717) is 0 Å². The zero-order valence-corrected chi connectivity index (χ0v) is 8.97. The lowest BCUT2D eigenvalue weighted by Crippen LogP contribution is -1.76. The molecule has 2 rings (SSSR count). The molecule has 0 saturated carbocycles. The summed E-state index contributed by atoms with van der Waals surface area (Å²) in [6.45, 7) is 0. The van der Waals surface area contributed by atoms with Gasteiger partial charge < -0.3 is 5.21 Å². The van der Waals surface area contributed by atoms with Gasteiger partial charge in [0.05, 0.1) is 6.21 Å². The monoisotopic (exact) mass is 255 g/mol. The van der Waals surface area contributed by atoms with Crippen molar-refractivity contribution in [3.63, 3.8) is 0 Å². The molecule has 0 saturated heterocycles. The second-order valence-corrected chi connectivity index (χ2v) is 4.40. The number of hydrogen-bond donors (Lipinski definition) is 1. The Morgan fingerprint density at radius 3 is 3.08 bits per heavy atom. The molecule has 0 bridgehead atoms. The minimum atomic E-state index is 0.954. The minimum absolute atomic E-state index is 0.954. The van der Waals surface area contributed by atoms with Gasteiger partial charge in [0.1, 0.15) is 0 Å². The quantitative estimate of drug-likeness (QED) is 0.473. The van der Waals surface area contributed by atoms with Gasteiger partial charge in [0.25, 0.3) is 0 Å². The Kier molecular flexibility index (Phi) is 2.33. The van der Waals surface area contributed by atoms with Crippen LogP contribution >= 0.6 is 27.3 Å². The highest BCUT2D eigenvalue weighted by atomic mass is 79.9. The normalized spacial score (nSPS) is 11.5. The van der Waals surface area contributed by atoms with Crippen molar-refractivity contribution < 1.29 is 5.21 Å². The van der Waals surface area contributed by atoms with Crippen LogP contribution in [0.3, 0.4) is 0 Å². The highest BCUT2D eigenvalue weighted by Crippen LogP contribution is 2.27.